The Balaban J connectivity index is 1.83. The van der Waals surface area contributed by atoms with Gasteiger partial charge in [-0.25, -0.2) is 0 Å². The average Bonchev–Trinajstić information content (AvgIpc) is 2.49. The predicted octanol–water partition coefficient (Wildman–Crippen LogP) is 2.94. The minimum absolute atomic E-state index is 0.0766. The first-order valence-corrected chi connectivity index (χ1v) is 7.40. The van der Waals surface area contributed by atoms with Crippen LogP contribution in [-0.2, 0) is 4.79 Å². The van der Waals surface area contributed by atoms with E-state index < -0.39 is 0 Å². The van der Waals surface area contributed by atoms with Gasteiger partial charge in [-0.3, -0.25) is 4.79 Å². The quantitative estimate of drug-likeness (QED) is 0.869. The van der Waals surface area contributed by atoms with E-state index in [1.54, 1.807) is 7.11 Å². The summed E-state index contributed by atoms with van der Waals surface area (Å²) in [6.45, 7) is 1.89. The fourth-order valence-corrected chi connectivity index (χ4v) is 2.58. The molecular weight excluding hydrogens is 252 g/mol. The van der Waals surface area contributed by atoms with Gasteiger partial charge in [-0.15, -0.1) is 0 Å². The maximum atomic E-state index is 12.1. The molecule has 0 saturated heterocycles. The molecule has 1 aliphatic carbocycles. The fraction of sp³-hybridized carbons (Fsp3) is 0.562. The van der Waals surface area contributed by atoms with Crippen molar-refractivity contribution in [2.45, 2.75) is 51.1 Å². The van der Waals surface area contributed by atoms with Crippen LogP contribution in [0.4, 0.5) is 5.69 Å². The standard InChI is InChI=1S/C16H24N2O2/c1-12(16(19)18-13-6-4-3-5-7-13)17-14-8-10-15(20-2)11-9-14/h8-13,17H,3-7H2,1-2H3,(H,18,19). The number of nitrogens with one attached hydrogen (secondary N) is 2. The minimum atomic E-state index is -0.231. The molecule has 0 heterocycles. The smallest absolute Gasteiger partial charge is 0.242 e. The maximum Gasteiger partial charge on any atom is 0.242 e. The Morgan fingerprint density at radius 2 is 1.85 bits per heavy atom. The largest absolute Gasteiger partial charge is 0.497 e. The molecule has 1 saturated carbocycles. The summed E-state index contributed by atoms with van der Waals surface area (Å²) in [4.78, 5) is 12.1. The molecule has 2 rings (SSSR count). The van der Waals surface area contributed by atoms with Crippen molar-refractivity contribution in [1.82, 2.24) is 5.32 Å². The number of carbonyl (C=O) groups excluding carboxylic acids is 1. The second kappa shape index (κ2) is 7.17. The highest BCUT2D eigenvalue weighted by Gasteiger charge is 2.19. The van der Waals surface area contributed by atoms with Crippen molar-refractivity contribution in [3.05, 3.63) is 24.3 Å². The molecule has 1 atom stereocenters. The molecule has 0 radical (unpaired) electrons. The molecule has 0 aromatic heterocycles. The Labute approximate surface area is 120 Å². The Morgan fingerprint density at radius 1 is 1.20 bits per heavy atom. The first kappa shape index (κ1) is 14.7. The van der Waals surface area contributed by atoms with Gasteiger partial charge in [0.25, 0.3) is 0 Å². The van der Waals surface area contributed by atoms with Crippen molar-refractivity contribution < 1.29 is 9.53 Å². The van der Waals surface area contributed by atoms with Crippen molar-refractivity contribution in [3.63, 3.8) is 0 Å². The number of hydrogen-bond donors (Lipinski definition) is 2. The molecule has 110 valence electrons. The van der Waals surface area contributed by atoms with Gasteiger partial charge in [0.2, 0.25) is 5.91 Å². The Bertz CT molecular complexity index is 425. The van der Waals surface area contributed by atoms with Gasteiger partial charge < -0.3 is 15.4 Å². The van der Waals surface area contributed by atoms with Crippen LogP contribution in [0, 0.1) is 0 Å². The lowest BCUT2D eigenvalue weighted by molar-refractivity contribution is -0.122. The van der Waals surface area contributed by atoms with Gasteiger partial charge >= 0.3 is 0 Å². The molecule has 20 heavy (non-hydrogen) atoms. The van der Waals surface area contributed by atoms with Gasteiger partial charge in [0.1, 0.15) is 11.8 Å². The highest BCUT2D eigenvalue weighted by atomic mass is 16.5. The Kier molecular flexibility index (Phi) is 5.27. The van der Waals surface area contributed by atoms with Gasteiger partial charge in [-0.1, -0.05) is 19.3 Å². The highest BCUT2D eigenvalue weighted by Crippen LogP contribution is 2.18. The van der Waals surface area contributed by atoms with Gasteiger partial charge in [-0.2, -0.15) is 0 Å². The fourth-order valence-electron chi connectivity index (χ4n) is 2.58. The highest BCUT2D eigenvalue weighted by molar-refractivity contribution is 5.84. The zero-order valence-electron chi connectivity index (χ0n) is 12.3. The molecule has 1 aliphatic rings. The molecule has 0 spiro atoms. The third-order valence-corrected chi connectivity index (χ3v) is 3.82. The number of methoxy groups -OCH3 is 1. The van der Waals surface area contributed by atoms with Crippen molar-refractivity contribution in [2.75, 3.05) is 12.4 Å². The van der Waals surface area contributed by atoms with Crippen LogP contribution in [0.2, 0.25) is 0 Å². The van der Waals surface area contributed by atoms with E-state index in [4.69, 9.17) is 4.74 Å². The lowest BCUT2D eigenvalue weighted by Gasteiger charge is -2.25. The normalized spacial score (nSPS) is 17.3. The summed E-state index contributed by atoms with van der Waals surface area (Å²) >= 11 is 0. The van der Waals surface area contributed by atoms with E-state index >= 15 is 0 Å². The summed E-state index contributed by atoms with van der Waals surface area (Å²) < 4.78 is 5.12. The van der Waals surface area contributed by atoms with E-state index in [0.29, 0.717) is 6.04 Å². The van der Waals surface area contributed by atoms with Crippen LogP contribution in [0.5, 0.6) is 5.75 Å². The van der Waals surface area contributed by atoms with Gasteiger partial charge in [0.05, 0.1) is 7.11 Å². The molecule has 4 nitrogen and oxygen atoms in total. The van der Waals surface area contributed by atoms with Crippen LogP contribution in [0.15, 0.2) is 24.3 Å². The van der Waals surface area contributed by atoms with E-state index in [9.17, 15) is 4.79 Å². The first-order valence-electron chi connectivity index (χ1n) is 7.40. The summed E-state index contributed by atoms with van der Waals surface area (Å²) in [7, 11) is 1.64. The Hall–Kier alpha value is -1.71. The van der Waals surface area contributed by atoms with Crippen LogP contribution in [0.1, 0.15) is 39.0 Å². The Morgan fingerprint density at radius 3 is 2.45 bits per heavy atom. The van der Waals surface area contributed by atoms with E-state index in [2.05, 4.69) is 10.6 Å². The number of anilines is 1. The van der Waals surface area contributed by atoms with E-state index in [1.165, 1.54) is 19.3 Å². The lowest BCUT2D eigenvalue weighted by atomic mass is 9.95. The maximum absolute atomic E-state index is 12.1. The number of ether oxygens (including phenoxy) is 1. The zero-order valence-corrected chi connectivity index (χ0v) is 12.3. The number of hydrogen-bond acceptors (Lipinski definition) is 3. The van der Waals surface area contributed by atoms with E-state index in [0.717, 1.165) is 24.3 Å². The van der Waals surface area contributed by atoms with E-state index in [1.807, 2.05) is 31.2 Å². The molecule has 1 amide bonds. The van der Waals surface area contributed by atoms with Crippen LogP contribution in [-0.4, -0.2) is 25.1 Å². The number of rotatable bonds is 5. The number of benzene rings is 1. The minimum Gasteiger partial charge on any atom is -0.497 e. The molecule has 1 aromatic carbocycles. The van der Waals surface area contributed by atoms with Gasteiger partial charge in [0.15, 0.2) is 0 Å². The zero-order chi connectivity index (χ0) is 14.4. The summed E-state index contributed by atoms with van der Waals surface area (Å²) in [6, 6.07) is 7.73. The molecule has 1 fully saturated rings. The second-order valence-electron chi connectivity index (χ2n) is 5.44. The lowest BCUT2D eigenvalue weighted by Crippen LogP contribution is -2.43. The topological polar surface area (TPSA) is 50.4 Å². The molecule has 0 bridgehead atoms. The third kappa shape index (κ3) is 4.15. The number of carbonyl (C=O) groups is 1. The summed E-state index contributed by atoms with van der Waals surface area (Å²) in [6.07, 6.45) is 5.98. The van der Waals surface area contributed by atoms with Crippen molar-refractivity contribution in [3.8, 4) is 5.75 Å². The third-order valence-electron chi connectivity index (χ3n) is 3.82. The van der Waals surface area contributed by atoms with E-state index in [-0.39, 0.29) is 11.9 Å². The van der Waals surface area contributed by atoms with Crippen LogP contribution >= 0.6 is 0 Å². The summed E-state index contributed by atoms with van der Waals surface area (Å²) in [5.41, 5.74) is 0.928. The molecule has 2 N–H and O–H groups in total. The predicted molar refractivity (Wildman–Crippen MR) is 81.1 cm³/mol. The summed E-state index contributed by atoms with van der Waals surface area (Å²) in [5, 5.41) is 6.35. The molecule has 0 aliphatic heterocycles. The monoisotopic (exact) mass is 276 g/mol. The van der Waals surface area contributed by atoms with Gasteiger partial charge in [-0.05, 0) is 44.0 Å². The molecular formula is C16H24N2O2. The van der Waals surface area contributed by atoms with Crippen molar-refractivity contribution in [2.24, 2.45) is 0 Å². The van der Waals surface area contributed by atoms with Crippen LogP contribution in [0.3, 0.4) is 0 Å². The summed E-state index contributed by atoms with van der Waals surface area (Å²) in [5.74, 6) is 0.891. The first-order chi connectivity index (χ1) is 9.69. The van der Waals surface area contributed by atoms with Crippen LogP contribution < -0.4 is 15.4 Å². The van der Waals surface area contributed by atoms with Crippen molar-refractivity contribution in [1.29, 1.82) is 0 Å². The van der Waals surface area contributed by atoms with Gasteiger partial charge in [0, 0.05) is 11.7 Å². The van der Waals surface area contributed by atoms with Crippen molar-refractivity contribution >= 4 is 11.6 Å². The molecule has 1 aromatic rings. The van der Waals surface area contributed by atoms with Crippen LogP contribution in [0.25, 0.3) is 0 Å². The average molecular weight is 276 g/mol. The number of amides is 1. The second-order valence-corrected chi connectivity index (χ2v) is 5.44. The molecule has 1 unspecified atom stereocenters. The SMILES string of the molecule is COc1ccc(NC(C)C(=O)NC2CCCCC2)cc1. The molecule has 4 heteroatoms.